The minimum atomic E-state index is -4.45. The first-order valence-corrected chi connectivity index (χ1v) is 3.96. The van der Waals surface area contributed by atoms with Crippen LogP contribution in [0.5, 0.6) is 0 Å². The van der Waals surface area contributed by atoms with E-state index in [1.54, 1.807) is 5.40 Å². The van der Waals surface area contributed by atoms with Crippen LogP contribution in [-0.4, -0.2) is 4.98 Å². The number of hydrogen-bond acceptors (Lipinski definition) is 3. The fraction of sp³-hybridized carbons (Fsp3) is 0.143. The quantitative estimate of drug-likeness (QED) is 0.521. The predicted molar refractivity (Wildman–Crippen MR) is 40.7 cm³/mol. The molecule has 1 aromatic rings. The van der Waals surface area contributed by atoms with Gasteiger partial charge in [-0.25, -0.2) is 4.98 Å². The number of rotatable bonds is 1. The number of hydrogen-bond donors (Lipinski definition) is 0. The molecular formula is C7H3F3N2S. The number of aromatic nitrogens is 1. The number of nitrogens with zero attached hydrogens (tertiary/aromatic N) is 2. The van der Waals surface area contributed by atoms with Gasteiger partial charge in [-0.15, -0.1) is 0 Å². The van der Waals surface area contributed by atoms with Crippen LogP contribution in [0.4, 0.5) is 13.2 Å². The number of alkyl halides is 3. The van der Waals surface area contributed by atoms with E-state index in [0.717, 1.165) is 6.07 Å². The molecule has 0 aromatic carbocycles. The SMILES string of the molecule is N#CSc1cccc(C(F)(F)F)n1. The van der Waals surface area contributed by atoms with E-state index in [2.05, 4.69) is 4.98 Å². The lowest BCUT2D eigenvalue weighted by atomic mass is 10.3. The van der Waals surface area contributed by atoms with Crippen LogP contribution in [0.25, 0.3) is 0 Å². The lowest BCUT2D eigenvalue weighted by molar-refractivity contribution is -0.141. The van der Waals surface area contributed by atoms with Crippen LogP contribution in [0.1, 0.15) is 5.69 Å². The van der Waals surface area contributed by atoms with Crippen molar-refractivity contribution in [2.75, 3.05) is 0 Å². The molecule has 0 atom stereocenters. The Labute approximate surface area is 76.4 Å². The van der Waals surface area contributed by atoms with Crippen LogP contribution in [0, 0.1) is 10.7 Å². The van der Waals surface area contributed by atoms with Gasteiger partial charge in [-0.3, -0.25) is 0 Å². The van der Waals surface area contributed by atoms with Gasteiger partial charge >= 0.3 is 6.18 Å². The number of halogens is 3. The van der Waals surface area contributed by atoms with Crippen molar-refractivity contribution in [3.63, 3.8) is 0 Å². The lowest BCUT2D eigenvalue weighted by Gasteiger charge is -2.04. The molecule has 2 nitrogen and oxygen atoms in total. The molecule has 0 fully saturated rings. The van der Waals surface area contributed by atoms with Crippen LogP contribution in [0.3, 0.4) is 0 Å². The van der Waals surface area contributed by atoms with E-state index in [9.17, 15) is 13.2 Å². The Morgan fingerprint density at radius 2 is 2.08 bits per heavy atom. The van der Waals surface area contributed by atoms with Gasteiger partial charge in [0.25, 0.3) is 0 Å². The molecule has 0 N–H and O–H groups in total. The van der Waals surface area contributed by atoms with Crippen molar-refractivity contribution < 1.29 is 13.2 Å². The first-order valence-electron chi connectivity index (χ1n) is 3.14. The van der Waals surface area contributed by atoms with Crippen molar-refractivity contribution in [1.82, 2.24) is 4.98 Å². The Bertz CT molecular complexity index is 342. The Kier molecular flexibility index (Phi) is 2.78. The summed E-state index contributed by atoms with van der Waals surface area (Å²) in [5, 5.41) is 9.91. The molecule has 0 saturated carbocycles. The Morgan fingerprint density at radius 1 is 1.38 bits per heavy atom. The highest BCUT2D eigenvalue weighted by Gasteiger charge is 2.32. The molecule has 0 amide bonds. The van der Waals surface area contributed by atoms with Crippen LogP contribution in [0.15, 0.2) is 23.2 Å². The smallest absolute Gasteiger partial charge is 0.236 e. The molecule has 0 aliphatic carbocycles. The van der Waals surface area contributed by atoms with Gasteiger partial charge in [0.15, 0.2) is 0 Å². The first-order chi connectivity index (χ1) is 6.04. The summed E-state index contributed by atoms with van der Waals surface area (Å²) in [5.41, 5.74) is -0.979. The zero-order valence-electron chi connectivity index (χ0n) is 6.17. The molecule has 0 bridgehead atoms. The average Bonchev–Trinajstić information content (AvgIpc) is 2.04. The van der Waals surface area contributed by atoms with Gasteiger partial charge in [0.2, 0.25) is 0 Å². The van der Waals surface area contributed by atoms with Gasteiger partial charge < -0.3 is 0 Å². The highest BCUT2D eigenvalue weighted by molar-refractivity contribution is 8.03. The normalized spacial score (nSPS) is 10.9. The molecule has 1 rings (SSSR count). The van der Waals surface area contributed by atoms with Crippen molar-refractivity contribution in [2.24, 2.45) is 0 Å². The van der Waals surface area contributed by atoms with E-state index in [-0.39, 0.29) is 5.03 Å². The summed E-state index contributed by atoms with van der Waals surface area (Å²) in [5.74, 6) is 0. The monoisotopic (exact) mass is 204 g/mol. The summed E-state index contributed by atoms with van der Waals surface area (Å²) in [6.07, 6.45) is -4.45. The third-order valence-corrected chi connectivity index (χ3v) is 1.69. The van der Waals surface area contributed by atoms with E-state index < -0.39 is 11.9 Å². The third-order valence-electron chi connectivity index (χ3n) is 1.16. The minimum Gasteiger partial charge on any atom is -0.236 e. The summed E-state index contributed by atoms with van der Waals surface area (Å²) in [4.78, 5) is 3.25. The van der Waals surface area contributed by atoms with Crippen molar-refractivity contribution in [3.05, 3.63) is 23.9 Å². The average molecular weight is 204 g/mol. The van der Waals surface area contributed by atoms with Gasteiger partial charge in [-0.05, 0) is 12.1 Å². The number of thioether (sulfide) groups is 1. The molecule has 1 heterocycles. The summed E-state index contributed by atoms with van der Waals surface area (Å²) in [6.45, 7) is 0. The largest absolute Gasteiger partial charge is 0.433 e. The van der Waals surface area contributed by atoms with Gasteiger partial charge in [-0.2, -0.15) is 18.4 Å². The Balaban J connectivity index is 3.00. The molecule has 0 radical (unpaired) electrons. The molecule has 13 heavy (non-hydrogen) atoms. The highest BCUT2D eigenvalue weighted by Crippen LogP contribution is 2.28. The predicted octanol–water partition coefficient (Wildman–Crippen LogP) is 2.67. The van der Waals surface area contributed by atoms with Crippen molar-refractivity contribution in [2.45, 2.75) is 11.2 Å². The summed E-state index contributed by atoms with van der Waals surface area (Å²) in [6, 6.07) is 3.43. The molecule has 1 aromatic heterocycles. The maximum absolute atomic E-state index is 12.1. The summed E-state index contributed by atoms with van der Waals surface area (Å²) in [7, 11) is 0. The molecule has 0 aliphatic rings. The van der Waals surface area contributed by atoms with E-state index in [1.807, 2.05) is 0 Å². The van der Waals surface area contributed by atoms with E-state index >= 15 is 0 Å². The van der Waals surface area contributed by atoms with Crippen LogP contribution >= 0.6 is 11.8 Å². The fourth-order valence-corrected chi connectivity index (χ4v) is 1.06. The molecule has 0 saturated heterocycles. The Morgan fingerprint density at radius 3 is 2.62 bits per heavy atom. The maximum Gasteiger partial charge on any atom is 0.433 e. The number of thiocyanates is 1. The second kappa shape index (κ2) is 3.66. The van der Waals surface area contributed by atoms with Crippen LogP contribution in [0.2, 0.25) is 0 Å². The maximum atomic E-state index is 12.1. The minimum absolute atomic E-state index is 0.0531. The van der Waals surface area contributed by atoms with E-state index in [0.29, 0.717) is 11.8 Å². The number of nitriles is 1. The van der Waals surface area contributed by atoms with Crippen molar-refractivity contribution >= 4 is 11.8 Å². The second-order valence-electron chi connectivity index (χ2n) is 2.05. The number of pyridine rings is 1. The summed E-state index contributed by atoms with van der Waals surface area (Å²) < 4.78 is 36.2. The Hall–Kier alpha value is -1.22. The van der Waals surface area contributed by atoms with Gasteiger partial charge in [0.05, 0.1) is 0 Å². The van der Waals surface area contributed by atoms with Crippen molar-refractivity contribution in [3.8, 4) is 5.40 Å². The second-order valence-corrected chi connectivity index (χ2v) is 2.86. The lowest BCUT2D eigenvalue weighted by Crippen LogP contribution is -2.07. The molecular weight excluding hydrogens is 201 g/mol. The van der Waals surface area contributed by atoms with E-state index in [4.69, 9.17) is 5.26 Å². The van der Waals surface area contributed by atoms with Crippen molar-refractivity contribution in [1.29, 1.82) is 5.26 Å². The van der Waals surface area contributed by atoms with Crippen LogP contribution < -0.4 is 0 Å². The third kappa shape index (κ3) is 2.63. The molecule has 0 spiro atoms. The first kappa shape index (κ1) is 9.86. The zero-order chi connectivity index (χ0) is 9.90. The van der Waals surface area contributed by atoms with Crippen LogP contribution in [-0.2, 0) is 6.18 Å². The van der Waals surface area contributed by atoms with Gasteiger partial charge in [0.1, 0.15) is 16.1 Å². The fourth-order valence-electron chi connectivity index (χ4n) is 0.676. The standard InChI is InChI=1S/C7H3F3N2S/c8-7(9,10)5-2-1-3-6(12-5)13-4-11/h1-3H. The zero-order valence-corrected chi connectivity index (χ0v) is 6.99. The molecule has 0 aliphatic heterocycles. The van der Waals surface area contributed by atoms with Gasteiger partial charge in [-0.1, -0.05) is 6.07 Å². The molecule has 0 unspecified atom stereocenters. The highest BCUT2D eigenvalue weighted by atomic mass is 32.2. The van der Waals surface area contributed by atoms with E-state index in [1.165, 1.54) is 12.1 Å². The summed E-state index contributed by atoms with van der Waals surface area (Å²) >= 11 is 0.600. The topological polar surface area (TPSA) is 36.7 Å². The molecule has 68 valence electrons. The molecule has 6 heteroatoms. The van der Waals surface area contributed by atoms with Gasteiger partial charge in [0, 0.05) is 11.8 Å².